The second-order valence-corrected chi connectivity index (χ2v) is 7.83. The number of benzene rings is 3. The zero-order chi connectivity index (χ0) is 22.0. The number of allylic oxidation sites excluding steroid dienone is 1. The highest BCUT2D eigenvalue weighted by molar-refractivity contribution is 5.82. The molecule has 3 N–H and O–H groups in total. The van der Waals surface area contributed by atoms with Crippen LogP contribution in [0.5, 0.6) is 5.75 Å². The Labute approximate surface area is 180 Å². The molecule has 4 nitrogen and oxygen atoms in total. The molecule has 0 spiro atoms. The number of carboxylic acid groups (broad SMARTS) is 1. The number of carbonyl (C=O) groups is 1. The van der Waals surface area contributed by atoms with Gasteiger partial charge in [-0.25, -0.2) is 4.39 Å². The number of ether oxygens (including phenoxy) is 1. The van der Waals surface area contributed by atoms with E-state index in [4.69, 9.17) is 15.6 Å². The number of hydrogen-bond donors (Lipinski definition) is 2. The number of aliphatic carboxylic acids is 1. The molecule has 0 atom stereocenters. The lowest BCUT2D eigenvalue weighted by Gasteiger charge is -2.15. The number of fused-ring (bicyclic) bond motifs is 1. The molecule has 0 aromatic heterocycles. The van der Waals surface area contributed by atoms with Gasteiger partial charge in [0.25, 0.3) is 0 Å². The van der Waals surface area contributed by atoms with Crippen LogP contribution in [0.2, 0.25) is 0 Å². The van der Waals surface area contributed by atoms with E-state index in [1.165, 1.54) is 5.57 Å². The fourth-order valence-electron chi connectivity index (χ4n) is 4.06. The fraction of sp³-hybridized carbons (Fsp3) is 0.192. The van der Waals surface area contributed by atoms with Gasteiger partial charge in [0.2, 0.25) is 0 Å². The molecule has 5 heteroatoms. The largest absolute Gasteiger partial charge is 0.489 e. The summed E-state index contributed by atoms with van der Waals surface area (Å²) in [6.45, 7) is 2.46. The van der Waals surface area contributed by atoms with Crippen LogP contribution < -0.4 is 10.5 Å². The minimum absolute atomic E-state index is 0.105. The molecular formula is C26H24FNO3. The van der Waals surface area contributed by atoms with E-state index in [0.29, 0.717) is 22.4 Å². The summed E-state index contributed by atoms with van der Waals surface area (Å²) < 4.78 is 21.1. The van der Waals surface area contributed by atoms with Crippen molar-refractivity contribution >= 4 is 12.0 Å². The molecule has 1 aliphatic carbocycles. The van der Waals surface area contributed by atoms with Crippen LogP contribution in [-0.2, 0) is 30.8 Å². The van der Waals surface area contributed by atoms with Gasteiger partial charge in [-0.3, -0.25) is 4.79 Å². The number of para-hydroxylation sites is 1. The quantitative estimate of drug-likeness (QED) is 0.560. The first-order valence-electron chi connectivity index (χ1n) is 10.2. The number of hydrogen-bond acceptors (Lipinski definition) is 3. The van der Waals surface area contributed by atoms with E-state index in [0.717, 1.165) is 28.7 Å². The third kappa shape index (κ3) is 4.37. The molecule has 0 amide bonds. The van der Waals surface area contributed by atoms with E-state index in [1.807, 2.05) is 18.2 Å². The lowest BCUT2D eigenvalue weighted by molar-refractivity contribution is -0.136. The number of carboxylic acids is 1. The molecule has 3 aromatic carbocycles. The molecule has 4 rings (SSSR count). The predicted octanol–water partition coefficient (Wildman–Crippen LogP) is 5.12. The molecule has 3 aromatic rings. The van der Waals surface area contributed by atoms with Gasteiger partial charge in [0.05, 0.1) is 6.42 Å². The maximum atomic E-state index is 15.1. The van der Waals surface area contributed by atoms with Crippen LogP contribution in [0, 0.1) is 5.82 Å². The topological polar surface area (TPSA) is 72.5 Å². The Hall–Kier alpha value is -3.44. The van der Waals surface area contributed by atoms with E-state index in [1.54, 1.807) is 30.3 Å². The Morgan fingerprint density at radius 2 is 1.87 bits per heavy atom. The summed E-state index contributed by atoms with van der Waals surface area (Å²) in [6.07, 6.45) is 2.81. The van der Waals surface area contributed by atoms with Gasteiger partial charge in [-0.15, -0.1) is 0 Å². The lowest BCUT2D eigenvalue weighted by atomic mass is 9.93. The van der Waals surface area contributed by atoms with Crippen molar-refractivity contribution in [2.45, 2.75) is 32.9 Å². The van der Waals surface area contributed by atoms with Crippen molar-refractivity contribution < 1.29 is 19.0 Å². The van der Waals surface area contributed by atoms with Gasteiger partial charge in [-0.05, 0) is 47.7 Å². The molecule has 0 unspecified atom stereocenters. The van der Waals surface area contributed by atoms with Crippen LogP contribution in [0.4, 0.5) is 4.39 Å². The molecule has 0 saturated heterocycles. The first-order chi connectivity index (χ1) is 15.0. The van der Waals surface area contributed by atoms with Gasteiger partial charge in [0.1, 0.15) is 18.2 Å². The second-order valence-electron chi connectivity index (χ2n) is 7.83. The summed E-state index contributed by atoms with van der Waals surface area (Å²) >= 11 is 0. The van der Waals surface area contributed by atoms with E-state index < -0.39 is 5.97 Å². The van der Waals surface area contributed by atoms with Crippen LogP contribution in [0.15, 0.2) is 60.2 Å². The Bertz CT molecular complexity index is 1180. The van der Waals surface area contributed by atoms with Crippen molar-refractivity contribution in [1.29, 1.82) is 0 Å². The van der Waals surface area contributed by atoms with Crippen molar-refractivity contribution in [2.24, 2.45) is 5.73 Å². The molecule has 1 aliphatic rings. The molecule has 0 saturated carbocycles. The number of rotatable bonds is 7. The maximum Gasteiger partial charge on any atom is 0.307 e. The average Bonchev–Trinajstić information content (AvgIpc) is 3.12. The second kappa shape index (κ2) is 8.74. The summed E-state index contributed by atoms with van der Waals surface area (Å²) in [4.78, 5) is 11.1. The first-order valence-corrected chi connectivity index (χ1v) is 10.2. The van der Waals surface area contributed by atoms with Crippen LogP contribution >= 0.6 is 0 Å². The minimum atomic E-state index is -0.910. The highest BCUT2D eigenvalue weighted by Crippen LogP contribution is 2.37. The summed E-state index contributed by atoms with van der Waals surface area (Å²) in [6, 6.07) is 16.5. The summed E-state index contributed by atoms with van der Waals surface area (Å²) in [7, 11) is 0. The van der Waals surface area contributed by atoms with Gasteiger partial charge in [0.15, 0.2) is 0 Å². The lowest BCUT2D eigenvalue weighted by Crippen LogP contribution is -2.05. The number of halogens is 1. The fourth-order valence-corrected chi connectivity index (χ4v) is 4.06. The van der Waals surface area contributed by atoms with Crippen LogP contribution in [-0.4, -0.2) is 11.1 Å². The van der Waals surface area contributed by atoms with Crippen LogP contribution in [0.1, 0.15) is 34.7 Å². The van der Waals surface area contributed by atoms with Crippen LogP contribution in [0.25, 0.3) is 17.2 Å². The Kier molecular flexibility index (Phi) is 5.87. The van der Waals surface area contributed by atoms with Crippen LogP contribution in [0.3, 0.4) is 0 Å². The number of nitrogens with two attached hydrogens (primary N) is 1. The molecule has 0 bridgehead atoms. The SMILES string of the molecule is CC1=Cc2c(cc(COc3ccccc3CC(=O)O)cc2-c2cccc(CN)c2F)C1. The maximum absolute atomic E-state index is 15.1. The predicted molar refractivity (Wildman–Crippen MR) is 119 cm³/mol. The molecule has 0 fully saturated rings. The zero-order valence-electron chi connectivity index (χ0n) is 17.3. The Morgan fingerprint density at radius 1 is 1.10 bits per heavy atom. The van der Waals surface area contributed by atoms with E-state index >= 15 is 4.39 Å². The highest BCUT2D eigenvalue weighted by Gasteiger charge is 2.20. The standard InChI is InChI=1S/C26H24FNO3/c1-16-9-20-11-17(15-31-24-8-3-2-5-18(24)13-25(29)30)12-23(22(20)10-16)21-7-4-6-19(14-28)26(21)27/h2-8,10-12H,9,13-15,28H2,1H3,(H,29,30). The van der Waals surface area contributed by atoms with Crippen molar-refractivity contribution in [3.63, 3.8) is 0 Å². The molecule has 0 radical (unpaired) electrons. The molecule has 0 heterocycles. The Balaban J connectivity index is 1.70. The van der Waals surface area contributed by atoms with Gasteiger partial charge >= 0.3 is 5.97 Å². The van der Waals surface area contributed by atoms with Crippen molar-refractivity contribution in [2.75, 3.05) is 0 Å². The minimum Gasteiger partial charge on any atom is -0.489 e. The first kappa shape index (κ1) is 20.8. The van der Waals surface area contributed by atoms with Crippen molar-refractivity contribution in [3.8, 4) is 16.9 Å². The van der Waals surface area contributed by atoms with E-state index in [-0.39, 0.29) is 25.4 Å². The van der Waals surface area contributed by atoms with Gasteiger partial charge in [-0.1, -0.05) is 54.1 Å². The van der Waals surface area contributed by atoms with Crippen molar-refractivity contribution in [1.82, 2.24) is 0 Å². The van der Waals surface area contributed by atoms with Gasteiger partial charge < -0.3 is 15.6 Å². The summed E-state index contributed by atoms with van der Waals surface area (Å²) in [5, 5.41) is 9.13. The Morgan fingerprint density at radius 3 is 2.65 bits per heavy atom. The molecule has 31 heavy (non-hydrogen) atoms. The zero-order valence-corrected chi connectivity index (χ0v) is 17.3. The monoisotopic (exact) mass is 417 g/mol. The molecule has 158 valence electrons. The summed E-state index contributed by atoms with van der Waals surface area (Å²) in [5.74, 6) is -0.666. The summed E-state index contributed by atoms with van der Waals surface area (Å²) in [5.41, 5.74) is 12.4. The highest BCUT2D eigenvalue weighted by atomic mass is 19.1. The molecule has 0 aliphatic heterocycles. The van der Waals surface area contributed by atoms with Crippen molar-refractivity contribution in [3.05, 3.63) is 93.8 Å². The normalized spacial score (nSPS) is 12.4. The van der Waals surface area contributed by atoms with E-state index in [2.05, 4.69) is 19.1 Å². The van der Waals surface area contributed by atoms with E-state index in [9.17, 15) is 4.79 Å². The third-order valence-corrected chi connectivity index (χ3v) is 5.48. The smallest absolute Gasteiger partial charge is 0.307 e. The molecular weight excluding hydrogens is 393 g/mol. The van der Waals surface area contributed by atoms with Gasteiger partial charge in [-0.2, -0.15) is 0 Å². The average molecular weight is 417 g/mol. The van der Waals surface area contributed by atoms with Gasteiger partial charge in [0, 0.05) is 23.2 Å². The third-order valence-electron chi connectivity index (χ3n) is 5.48.